The van der Waals surface area contributed by atoms with Crippen molar-refractivity contribution >= 4 is 17.7 Å². The lowest BCUT2D eigenvalue weighted by molar-refractivity contribution is -0.173. The van der Waals surface area contributed by atoms with Crippen LogP contribution in [-0.4, -0.2) is 31.9 Å². The third-order valence-corrected chi connectivity index (χ3v) is 7.29. The minimum atomic E-state index is -1.33. The first-order valence-corrected chi connectivity index (χ1v) is 11.4. The van der Waals surface area contributed by atoms with Crippen LogP contribution in [0.3, 0.4) is 0 Å². The van der Waals surface area contributed by atoms with Crippen LogP contribution in [0.1, 0.15) is 73.1 Å². The van der Waals surface area contributed by atoms with E-state index >= 15 is 0 Å². The van der Waals surface area contributed by atoms with Crippen LogP contribution >= 0.6 is 0 Å². The molecule has 32 heavy (non-hydrogen) atoms. The number of hydrogen-bond acceptors (Lipinski definition) is 5. The lowest BCUT2D eigenvalue weighted by Gasteiger charge is -2.53. The molecule has 0 saturated carbocycles. The molecule has 5 heteroatoms. The number of hydrogen-bond donors (Lipinski definition) is 0. The van der Waals surface area contributed by atoms with Crippen molar-refractivity contribution in [3.63, 3.8) is 0 Å². The van der Waals surface area contributed by atoms with E-state index in [-0.39, 0.29) is 18.1 Å². The van der Waals surface area contributed by atoms with Crippen molar-refractivity contribution < 1.29 is 23.9 Å². The Kier molecular flexibility index (Phi) is 6.18. The van der Waals surface area contributed by atoms with Crippen molar-refractivity contribution in [1.82, 2.24) is 0 Å². The Morgan fingerprint density at radius 3 is 1.97 bits per heavy atom. The molecule has 2 bridgehead atoms. The molecule has 0 fully saturated rings. The van der Waals surface area contributed by atoms with E-state index in [4.69, 9.17) is 9.47 Å². The van der Waals surface area contributed by atoms with Crippen LogP contribution in [0.15, 0.2) is 48.5 Å². The molecule has 2 aromatic rings. The van der Waals surface area contributed by atoms with Gasteiger partial charge in [-0.1, -0.05) is 68.3 Å². The summed E-state index contributed by atoms with van der Waals surface area (Å²) in [5.41, 5.74) is 2.94. The number of carbonyl (C=O) groups excluding carboxylic acids is 3. The van der Waals surface area contributed by atoms with Gasteiger partial charge in [-0.15, -0.1) is 0 Å². The van der Waals surface area contributed by atoms with Crippen LogP contribution in [0.25, 0.3) is 0 Å². The van der Waals surface area contributed by atoms with Crippen molar-refractivity contribution in [3.8, 4) is 0 Å². The zero-order valence-electron chi connectivity index (χ0n) is 18.9. The summed E-state index contributed by atoms with van der Waals surface area (Å²) in [6, 6.07) is 16.1. The molecule has 0 N–H and O–H groups in total. The van der Waals surface area contributed by atoms with E-state index < -0.39 is 29.2 Å². The van der Waals surface area contributed by atoms with Gasteiger partial charge in [-0.05, 0) is 35.1 Å². The van der Waals surface area contributed by atoms with Gasteiger partial charge in [-0.25, -0.2) is 0 Å². The summed E-state index contributed by atoms with van der Waals surface area (Å²) in [6.07, 6.45) is 3.12. The van der Waals surface area contributed by atoms with E-state index in [0.29, 0.717) is 12.8 Å². The van der Waals surface area contributed by atoms with E-state index in [0.717, 1.165) is 35.1 Å². The number of Topliss-reactive ketones (excluding diaryl/α,β-unsaturated/α-hetero) is 1. The smallest absolute Gasteiger partial charge is 0.317 e. The minimum absolute atomic E-state index is 0.0953. The van der Waals surface area contributed by atoms with Gasteiger partial charge in [0.15, 0.2) is 0 Å². The number of esters is 2. The lowest BCUT2D eigenvalue weighted by Crippen LogP contribution is -2.56. The second-order valence-corrected chi connectivity index (χ2v) is 8.86. The first kappa shape index (κ1) is 22.3. The number of ketones is 1. The maximum Gasteiger partial charge on any atom is 0.317 e. The molecule has 168 valence electrons. The normalized spacial score (nSPS) is 23.6. The fourth-order valence-electron chi connectivity index (χ4n) is 5.98. The number of ether oxygens (including phenoxy) is 2. The third kappa shape index (κ3) is 3.26. The molecule has 5 rings (SSSR count). The summed E-state index contributed by atoms with van der Waals surface area (Å²) in [7, 11) is 2.61. The zero-order valence-corrected chi connectivity index (χ0v) is 18.9. The Morgan fingerprint density at radius 1 is 0.906 bits per heavy atom. The first-order chi connectivity index (χ1) is 15.5. The number of fused-ring (bicyclic) bond motifs is 1. The summed E-state index contributed by atoms with van der Waals surface area (Å²) in [4.78, 5) is 40.3. The van der Waals surface area contributed by atoms with E-state index in [1.54, 1.807) is 0 Å². The molecule has 0 saturated heterocycles. The maximum absolute atomic E-state index is 13.6. The van der Waals surface area contributed by atoms with Gasteiger partial charge >= 0.3 is 11.9 Å². The molecule has 0 unspecified atom stereocenters. The molecule has 5 nitrogen and oxygen atoms in total. The number of unbranched alkanes of at least 4 members (excludes halogenated alkanes) is 2. The quantitative estimate of drug-likeness (QED) is 0.340. The summed E-state index contributed by atoms with van der Waals surface area (Å²) in [5.74, 6) is -3.16. The Labute approximate surface area is 189 Å². The SMILES string of the molecule is CCCCCC(=O)[C@@H](C(=O)OC)[C@@]1(C(=O)OC)CC2c3ccccc3C1c1ccccc12. The van der Waals surface area contributed by atoms with Crippen molar-refractivity contribution in [2.24, 2.45) is 11.3 Å². The molecule has 0 aliphatic heterocycles. The Hall–Kier alpha value is -2.95. The molecule has 0 amide bonds. The van der Waals surface area contributed by atoms with Crippen LogP contribution < -0.4 is 0 Å². The summed E-state index contributed by atoms with van der Waals surface area (Å²) in [6.45, 7) is 2.06. The molecule has 0 heterocycles. The van der Waals surface area contributed by atoms with Gasteiger partial charge < -0.3 is 9.47 Å². The topological polar surface area (TPSA) is 69.7 Å². The van der Waals surface area contributed by atoms with Crippen LogP contribution in [0.2, 0.25) is 0 Å². The summed E-state index contributed by atoms with van der Waals surface area (Å²) >= 11 is 0. The average Bonchev–Trinajstić information content (AvgIpc) is 2.83. The molecule has 3 aliphatic rings. The highest BCUT2D eigenvalue weighted by molar-refractivity contribution is 6.05. The number of carbonyl (C=O) groups is 3. The molecule has 2 atom stereocenters. The molecular formula is C27H30O5. The fourth-order valence-corrected chi connectivity index (χ4v) is 5.98. The Morgan fingerprint density at radius 2 is 1.47 bits per heavy atom. The van der Waals surface area contributed by atoms with Gasteiger partial charge in [-0.3, -0.25) is 14.4 Å². The largest absolute Gasteiger partial charge is 0.469 e. The van der Waals surface area contributed by atoms with E-state index in [1.807, 2.05) is 36.4 Å². The molecule has 3 aliphatic carbocycles. The van der Waals surface area contributed by atoms with Gasteiger partial charge in [0.1, 0.15) is 17.1 Å². The van der Waals surface area contributed by atoms with Gasteiger partial charge in [-0.2, -0.15) is 0 Å². The van der Waals surface area contributed by atoms with Crippen LogP contribution in [0.5, 0.6) is 0 Å². The predicted octanol–water partition coefficient (Wildman–Crippen LogP) is 4.77. The predicted molar refractivity (Wildman–Crippen MR) is 120 cm³/mol. The number of benzene rings is 2. The van der Waals surface area contributed by atoms with Gasteiger partial charge in [0.2, 0.25) is 0 Å². The van der Waals surface area contributed by atoms with Crippen molar-refractivity contribution in [2.45, 2.75) is 50.9 Å². The van der Waals surface area contributed by atoms with E-state index in [2.05, 4.69) is 19.1 Å². The highest BCUT2D eigenvalue weighted by Crippen LogP contribution is 2.64. The lowest BCUT2D eigenvalue weighted by atomic mass is 9.48. The van der Waals surface area contributed by atoms with Crippen LogP contribution in [-0.2, 0) is 23.9 Å². The Bertz CT molecular complexity index is 994. The first-order valence-electron chi connectivity index (χ1n) is 11.4. The Balaban J connectivity index is 1.94. The zero-order chi connectivity index (χ0) is 22.9. The van der Waals surface area contributed by atoms with Crippen molar-refractivity contribution in [2.75, 3.05) is 14.2 Å². The monoisotopic (exact) mass is 434 g/mol. The van der Waals surface area contributed by atoms with E-state index in [1.165, 1.54) is 14.2 Å². The minimum Gasteiger partial charge on any atom is -0.469 e. The van der Waals surface area contributed by atoms with Gasteiger partial charge in [0, 0.05) is 18.3 Å². The summed E-state index contributed by atoms with van der Waals surface area (Å²) < 4.78 is 10.5. The maximum atomic E-state index is 13.6. The summed E-state index contributed by atoms with van der Waals surface area (Å²) in [5, 5.41) is 0. The second-order valence-electron chi connectivity index (χ2n) is 8.86. The van der Waals surface area contributed by atoms with E-state index in [9.17, 15) is 14.4 Å². The molecule has 0 radical (unpaired) electrons. The van der Waals surface area contributed by atoms with Crippen molar-refractivity contribution in [1.29, 1.82) is 0 Å². The highest BCUT2D eigenvalue weighted by Gasteiger charge is 2.64. The second kappa shape index (κ2) is 8.89. The van der Waals surface area contributed by atoms with Crippen molar-refractivity contribution in [3.05, 3.63) is 70.8 Å². The molecule has 2 aromatic carbocycles. The fraction of sp³-hybridized carbons (Fsp3) is 0.444. The van der Waals surface area contributed by atoms with Gasteiger partial charge in [0.25, 0.3) is 0 Å². The standard InChI is InChI=1S/C27H30O5/c1-4-5-6-15-22(28)24(25(29)31-2)27(26(30)32-3)16-21-17-11-7-9-13-19(17)23(27)20-14-10-8-12-18(20)21/h7-14,21,23-24H,4-6,15-16H2,1-3H3/t21?,23?,24-,27+/m0/s1. The molecule has 0 spiro atoms. The molecule has 0 aromatic heterocycles. The average molecular weight is 435 g/mol. The highest BCUT2D eigenvalue weighted by atomic mass is 16.5. The molecular weight excluding hydrogens is 404 g/mol. The third-order valence-electron chi connectivity index (χ3n) is 7.29. The number of rotatable bonds is 8. The van der Waals surface area contributed by atoms with Gasteiger partial charge in [0.05, 0.1) is 14.2 Å². The van der Waals surface area contributed by atoms with Crippen LogP contribution in [0.4, 0.5) is 0 Å². The van der Waals surface area contributed by atoms with Crippen LogP contribution in [0, 0.1) is 11.3 Å². The number of methoxy groups -OCH3 is 2.